The van der Waals surface area contributed by atoms with Crippen LogP contribution in [0.5, 0.6) is 5.75 Å². The number of phenolic OH excluding ortho intramolecular Hbond substituents is 1. The second-order valence-corrected chi connectivity index (χ2v) is 8.85. The van der Waals surface area contributed by atoms with Crippen LogP contribution in [0.1, 0.15) is 15.9 Å². The molecule has 1 N–H and O–H groups in total. The van der Waals surface area contributed by atoms with Gasteiger partial charge >= 0.3 is 5.69 Å². The molecule has 29 heavy (non-hydrogen) atoms. The van der Waals surface area contributed by atoms with Gasteiger partial charge in [-0.2, -0.15) is 0 Å². The SMILES string of the molecule is O=C(C(=Cc1ccc(O)c([N+](=O)[O-])c1)Sc1ccc(Br)cc1)c1ccc(Br)cc1. The Balaban J connectivity index is 2.04. The zero-order valence-electron chi connectivity index (χ0n) is 14.7. The van der Waals surface area contributed by atoms with E-state index in [-0.39, 0.29) is 5.78 Å². The summed E-state index contributed by atoms with van der Waals surface area (Å²) in [6, 6.07) is 18.5. The van der Waals surface area contributed by atoms with Gasteiger partial charge in [-0.15, -0.1) is 0 Å². The van der Waals surface area contributed by atoms with Crippen molar-refractivity contribution in [2.24, 2.45) is 0 Å². The zero-order chi connectivity index (χ0) is 21.0. The van der Waals surface area contributed by atoms with Crippen molar-refractivity contribution in [1.82, 2.24) is 0 Å². The third kappa shape index (κ3) is 5.56. The summed E-state index contributed by atoms with van der Waals surface area (Å²) in [5.41, 5.74) is 0.528. The quantitative estimate of drug-likeness (QED) is 0.123. The Kier molecular flexibility index (Phi) is 6.89. The van der Waals surface area contributed by atoms with Crippen molar-refractivity contribution in [2.45, 2.75) is 4.90 Å². The molecule has 0 spiro atoms. The lowest BCUT2D eigenvalue weighted by Gasteiger charge is -2.08. The number of hydrogen-bond acceptors (Lipinski definition) is 5. The number of carbonyl (C=O) groups is 1. The largest absolute Gasteiger partial charge is 0.502 e. The third-order valence-electron chi connectivity index (χ3n) is 3.87. The van der Waals surface area contributed by atoms with Crippen molar-refractivity contribution in [3.8, 4) is 5.75 Å². The molecular weight excluding hydrogens is 522 g/mol. The molecule has 0 atom stereocenters. The number of nitro benzene ring substituents is 1. The monoisotopic (exact) mass is 533 g/mol. The molecule has 8 heteroatoms. The number of benzene rings is 3. The molecule has 0 unspecified atom stereocenters. The van der Waals surface area contributed by atoms with Gasteiger partial charge in [0.2, 0.25) is 0 Å². The Morgan fingerprint density at radius 1 is 0.966 bits per heavy atom. The number of thioether (sulfide) groups is 1. The van der Waals surface area contributed by atoms with E-state index in [1.807, 2.05) is 24.3 Å². The third-order valence-corrected chi connectivity index (χ3v) is 5.95. The van der Waals surface area contributed by atoms with Crippen LogP contribution in [0, 0.1) is 10.1 Å². The molecule has 0 saturated carbocycles. The van der Waals surface area contributed by atoms with E-state index < -0.39 is 16.4 Å². The topological polar surface area (TPSA) is 80.4 Å². The van der Waals surface area contributed by atoms with Crippen LogP contribution in [0.4, 0.5) is 5.69 Å². The summed E-state index contributed by atoms with van der Waals surface area (Å²) in [4.78, 5) is 24.8. The first-order valence-corrected chi connectivity index (χ1v) is 10.7. The Morgan fingerprint density at radius 3 is 2.14 bits per heavy atom. The molecule has 0 fully saturated rings. The van der Waals surface area contributed by atoms with Crippen molar-refractivity contribution in [3.05, 3.63) is 102 Å². The fourth-order valence-electron chi connectivity index (χ4n) is 2.44. The maximum absolute atomic E-state index is 13.1. The van der Waals surface area contributed by atoms with E-state index in [4.69, 9.17) is 0 Å². The minimum absolute atomic E-state index is 0.207. The van der Waals surface area contributed by atoms with Crippen LogP contribution in [0.3, 0.4) is 0 Å². The van der Waals surface area contributed by atoms with Gasteiger partial charge < -0.3 is 5.11 Å². The van der Waals surface area contributed by atoms with Crippen molar-refractivity contribution in [3.63, 3.8) is 0 Å². The predicted molar refractivity (Wildman–Crippen MR) is 121 cm³/mol. The van der Waals surface area contributed by atoms with Crippen LogP contribution in [-0.4, -0.2) is 15.8 Å². The van der Waals surface area contributed by atoms with Crippen LogP contribution < -0.4 is 0 Å². The molecule has 3 rings (SSSR count). The summed E-state index contributed by atoms with van der Waals surface area (Å²) in [5, 5.41) is 20.8. The highest BCUT2D eigenvalue weighted by Gasteiger charge is 2.17. The van der Waals surface area contributed by atoms with Crippen molar-refractivity contribution in [1.29, 1.82) is 0 Å². The number of ketones is 1. The van der Waals surface area contributed by atoms with Crippen LogP contribution in [-0.2, 0) is 0 Å². The number of hydrogen-bond donors (Lipinski definition) is 1. The van der Waals surface area contributed by atoms with E-state index in [0.29, 0.717) is 16.0 Å². The molecule has 3 aromatic rings. The fraction of sp³-hybridized carbons (Fsp3) is 0. The lowest BCUT2D eigenvalue weighted by Crippen LogP contribution is -2.01. The van der Waals surface area contributed by atoms with Crippen LogP contribution in [0.25, 0.3) is 6.08 Å². The van der Waals surface area contributed by atoms with Crippen molar-refractivity contribution < 1.29 is 14.8 Å². The first-order chi connectivity index (χ1) is 13.8. The summed E-state index contributed by atoms with van der Waals surface area (Å²) >= 11 is 8.00. The Bertz CT molecular complexity index is 1100. The highest BCUT2D eigenvalue weighted by atomic mass is 79.9. The summed E-state index contributed by atoms with van der Waals surface area (Å²) in [5.74, 6) is -0.630. The Hall–Kier alpha value is -2.42. The molecule has 0 aliphatic rings. The number of halogens is 2. The van der Waals surface area contributed by atoms with Gasteiger partial charge in [-0.3, -0.25) is 14.9 Å². The Labute approximate surface area is 187 Å². The van der Waals surface area contributed by atoms with E-state index in [1.165, 1.54) is 30.0 Å². The average molecular weight is 535 g/mol. The molecule has 0 aromatic heterocycles. The normalized spacial score (nSPS) is 11.3. The number of rotatable bonds is 6. The van der Waals surface area contributed by atoms with E-state index in [0.717, 1.165) is 13.8 Å². The molecule has 0 aliphatic carbocycles. The molecule has 3 aromatic carbocycles. The van der Waals surface area contributed by atoms with Gasteiger partial charge in [0.05, 0.1) is 9.83 Å². The lowest BCUT2D eigenvalue weighted by atomic mass is 10.1. The number of nitrogens with zero attached hydrogens (tertiary/aromatic N) is 1. The number of carbonyl (C=O) groups excluding carboxylic acids is 1. The minimum atomic E-state index is -0.662. The number of nitro groups is 1. The average Bonchev–Trinajstić information content (AvgIpc) is 2.70. The maximum atomic E-state index is 13.1. The van der Waals surface area contributed by atoms with E-state index >= 15 is 0 Å². The van der Waals surface area contributed by atoms with Gasteiger partial charge in [0.15, 0.2) is 11.5 Å². The van der Waals surface area contributed by atoms with E-state index in [2.05, 4.69) is 31.9 Å². The summed E-state index contributed by atoms with van der Waals surface area (Å²) in [6.07, 6.45) is 1.59. The standard InChI is InChI=1S/C21H13Br2NO4S/c22-15-4-2-14(3-5-15)21(26)20(29-17-8-6-16(23)7-9-17)12-13-1-10-19(25)18(11-13)24(27)28/h1-12,25H. The number of allylic oxidation sites excluding steroid dienone is 1. The molecule has 0 heterocycles. The number of Topliss-reactive ketones (excluding diaryl/α,β-unsaturated/α-hetero) is 1. The predicted octanol–water partition coefficient (Wildman–Crippen LogP) is 6.84. The molecule has 0 radical (unpaired) electrons. The molecule has 0 bridgehead atoms. The first-order valence-electron chi connectivity index (χ1n) is 8.26. The van der Waals surface area contributed by atoms with Crippen LogP contribution in [0.2, 0.25) is 0 Å². The second kappa shape index (κ2) is 9.39. The van der Waals surface area contributed by atoms with Gasteiger partial charge in [-0.1, -0.05) is 49.7 Å². The minimum Gasteiger partial charge on any atom is -0.502 e. The molecule has 0 saturated heterocycles. The highest BCUT2D eigenvalue weighted by Crippen LogP contribution is 2.34. The molecule has 5 nitrogen and oxygen atoms in total. The zero-order valence-corrected chi connectivity index (χ0v) is 18.7. The van der Waals surface area contributed by atoms with Gasteiger partial charge in [-0.05, 0) is 66.2 Å². The molecule has 0 amide bonds. The number of aromatic hydroxyl groups is 1. The van der Waals surface area contributed by atoms with Crippen LogP contribution >= 0.6 is 43.6 Å². The van der Waals surface area contributed by atoms with E-state index in [9.17, 15) is 20.0 Å². The van der Waals surface area contributed by atoms with Gasteiger partial charge in [0, 0.05) is 25.5 Å². The lowest BCUT2D eigenvalue weighted by molar-refractivity contribution is -0.385. The van der Waals surface area contributed by atoms with Crippen LogP contribution in [0.15, 0.2) is 85.5 Å². The maximum Gasteiger partial charge on any atom is 0.311 e. The smallest absolute Gasteiger partial charge is 0.311 e. The number of phenols is 1. The van der Waals surface area contributed by atoms with Crippen molar-refractivity contribution in [2.75, 3.05) is 0 Å². The van der Waals surface area contributed by atoms with Crippen molar-refractivity contribution >= 4 is 61.2 Å². The van der Waals surface area contributed by atoms with Gasteiger partial charge in [0.1, 0.15) is 0 Å². The van der Waals surface area contributed by atoms with E-state index in [1.54, 1.807) is 30.3 Å². The Morgan fingerprint density at radius 2 is 1.55 bits per heavy atom. The summed E-state index contributed by atoms with van der Waals surface area (Å²) in [6.45, 7) is 0. The fourth-order valence-corrected chi connectivity index (χ4v) is 3.90. The second-order valence-electron chi connectivity index (χ2n) is 5.91. The van der Waals surface area contributed by atoms with Gasteiger partial charge in [0.25, 0.3) is 0 Å². The molecular formula is C21H13Br2NO4S. The van der Waals surface area contributed by atoms with Gasteiger partial charge in [-0.25, -0.2) is 0 Å². The summed E-state index contributed by atoms with van der Waals surface area (Å²) in [7, 11) is 0. The molecule has 146 valence electrons. The molecule has 0 aliphatic heterocycles. The first kappa shape index (κ1) is 21.3. The summed E-state index contributed by atoms with van der Waals surface area (Å²) < 4.78 is 1.77. The highest BCUT2D eigenvalue weighted by molar-refractivity contribution is 9.10.